The summed E-state index contributed by atoms with van der Waals surface area (Å²) in [6, 6.07) is 0.589. The van der Waals surface area contributed by atoms with Crippen molar-refractivity contribution in [2.45, 2.75) is 38.6 Å². The van der Waals surface area contributed by atoms with Gasteiger partial charge in [-0.25, -0.2) is 9.97 Å². The molecule has 6 heteroatoms. The Morgan fingerprint density at radius 2 is 1.95 bits per heavy atom. The standard InChI is InChI=1S/C16H23FN4O/c1-12-3-2-6-21(11-12)13-4-7-20(8-5-13)16(22)14-9-19-15(17)10-18-14/h9-10,12-13H,2-8,11H2,1H3. The summed E-state index contributed by atoms with van der Waals surface area (Å²) < 4.78 is 12.8. The van der Waals surface area contributed by atoms with Crippen LogP contribution in [-0.4, -0.2) is 57.9 Å². The zero-order valence-corrected chi connectivity index (χ0v) is 13.0. The van der Waals surface area contributed by atoms with Crippen LogP contribution >= 0.6 is 0 Å². The number of amides is 1. The second-order valence-electron chi connectivity index (χ2n) is 6.49. The van der Waals surface area contributed by atoms with Gasteiger partial charge in [-0.3, -0.25) is 9.69 Å². The molecular weight excluding hydrogens is 283 g/mol. The molecule has 2 aliphatic heterocycles. The summed E-state index contributed by atoms with van der Waals surface area (Å²) in [5.41, 5.74) is 0.228. The molecule has 3 heterocycles. The van der Waals surface area contributed by atoms with Crippen molar-refractivity contribution in [2.24, 2.45) is 5.92 Å². The molecule has 0 aliphatic carbocycles. The first-order chi connectivity index (χ1) is 10.6. The molecule has 1 atom stereocenters. The van der Waals surface area contributed by atoms with E-state index in [1.807, 2.05) is 4.90 Å². The molecule has 1 aromatic heterocycles. The van der Waals surface area contributed by atoms with Gasteiger partial charge >= 0.3 is 0 Å². The largest absolute Gasteiger partial charge is 0.337 e. The van der Waals surface area contributed by atoms with E-state index in [0.29, 0.717) is 6.04 Å². The van der Waals surface area contributed by atoms with Crippen LogP contribution in [0.1, 0.15) is 43.1 Å². The molecule has 2 saturated heterocycles. The van der Waals surface area contributed by atoms with Crippen molar-refractivity contribution in [2.75, 3.05) is 26.2 Å². The van der Waals surface area contributed by atoms with Crippen LogP contribution in [0, 0.1) is 11.9 Å². The minimum absolute atomic E-state index is 0.141. The fourth-order valence-corrected chi connectivity index (χ4v) is 3.58. The number of nitrogens with zero attached hydrogens (tertiary/aromatic N) is 4. The maximum atomic E-state index is 12.8. The van der Waals surface area contributed by atoms with Crippen LogP contribution in [0.4, 0.5) is 4.39 Å². The Labute approximate surface area is 130 Å². The molecule has 0 N–H and O–H groups in total. The Kier molecular flexibility index (Phi) is 4.66. The van der Waals surface area contributed by atoms with Gasteiger partial charge in [0.2, 0.25) is 5.95 Å². The highest BCUT2D eigenvalue weighted by Crippen LogP contribution is 2.24. The molecule has 0 bridgehead atoms. The summed E-state index contributed by atoms with van der Waals surface area (Å²) >= 11 is 0. The summed E-state index contributed by atoms with van der Waals surface area (Å²) in [5.74, 6) is -0.0182. The van der Waals surface area contributed by atoms with Gasteiger partial charge in [0.25, 0.3) is 5.91 Å². The zero-order valence-electron chi connectivity index (χ0n) is 13.0. The molecular formula is C16H23FN4O. The van der Waals surface area contributed by atoms with Gasteiger partial charge in [-0.2, -0.15) is 4.39 Å². The van der Waals surface area contributed by atoms with E-state index in [0.717, 1.165) is 38.0 Å². The lowest BCUT2D eigenvalue weighted by molar-refractivity contribution is 0.0537. The molecule has 2 aliphatic rings. The molecule has 1 aromatic rings. The quantitative estimate of drug-likeness (QED) is 0.838. The van der Waals surface area contributed by atoms with Gasteiger partial charge in [0.15, 0.2) is 0 Å². The molecule has 120 valence electrons. The van der Waals surface area contributed by atoms with Crippen LogP contribution in [0.25, 0.3) is 0 Å². The lowest BCUT2D eigenvalue weighted by Gasteiger charge is -2.41. The van der Waals surface area contributed by atoms with E-state index in [2.05, 4.69) is 21.8 Å². The third-order valence-corrected chi connectivity index (χ3v) is 4.80. The summed E-state index contributed by atoms with van der Waals surface area (Å²) in [7, 11) is 0. The van der Waals surface area contributed by atoms with Gasteiger partial charge in [0.1, 0.15) is 5.69 Å². The highest BCUT2D eigenvalue weighted by molar-refractivity contribution is 5.92. The summed E-state index contributed by atoms with van der Waals surface area (Å²) in [4.78, 5) is 24.1. The lowest BCUT2D eigenvalue weighted by atomic mass is 9.95. The van der Waals surface area contributed by atoms with E-state index >= 15 is 0 Å². The highest BCUT2D eigenvalue weighted by Gasteiger charge is 2.29. The Hall–Kier alpha value is -1.56. The van der Waals surface area contributed by atoms with Crippen LogP contribution in [-0.2, 0) is 0 Å². The van der Waals surface area contributed by atoms with Crippen molar-refractivity contribution in [3.63, 3.8) is 0 Å². The van der Waals surface area contributed by atoms with E-state index < -0.39 is 5.95 Å². The number of likely N-dealkylation sites (tertiary alicyclic amines) is 2. The van der Waals surface area contributed by atoms with Crippen molar-refractivity contribution < 1.29 is 9.18 Å². The van der Waals surface area contributed by atoms with Crippen LogP contribution in [0.15, 0.2) is 12.4 Å². The number of hydrogen-bond acceptors (Lipinski definition) is 4. The minimum atomic E-state index is -0.658. The minimum Gasteiger partial charge on any atom is -0.337 e. The van der Waals surface area contributed by atoms with Gasteiger partial charge in [0.05, 0.1) is 12.4 Å². The average Bonchev–Trinajstić information content (AvgIpc) is 2.55. The molecule has 0 aromatic carbocycles. The Balaban J connectivity index is 1.55. The first kappa shape index (κ1) is 15.3. The van der Waals surface area contributed by atoms with Gasteiger partial charge in [-0.15, -0.1) is 0 Å². The third kappa shape index (κ3) is 3.43. The monoisotopic (exact) mass is 306 g/mol. The number of halogens is 1. The van der Waals surface area contributed by atoms with Gasteiger partial charge < -0.3 is 4.90 Å². The molecule has 3 rings (SSSR count). The van der Waals surface area contributed by atoms with Crippen molar-refractivity contribution in [1.82, 2.24) is 19.8 Å². The zero-order chi connectivity index (χ0) is 15.5. The first-order valence-electron chi connectivity index (χ1n) is 8.14. The molecule has 1 unspecified atom stereocenters. The van der Waals surface area contributed by atoms with E-state index in [-0.39, 0.29) is 11.6 Å². The lowest BCUT2D eigenvalue weighted by Crippen LogP contribution is -2.49. The second kappa shape index (κ2) is 6.69. The van der Waals surface area contributed by atoms with Crippen LogP contribution in [0.2, 0.25) is 0 Å². The smallest absolute Gasteiger partial charge is 0.274 e. The predicted molar refractivity (Wildman–Crippen MR) is 80.9 cm³/mol. The fourth-order valence-electron chi connectivity index (χ4n) is 3.58. The van der Waals surface area contributed by atoms with Crippen LogP contribution in [0.5, 0.6) is 0 Å². The molecule has 0 radical (unpaired) electrons. The number of rotatable bonds is 2. The third-order valence-electron chi connectivity index (χ3n) is 4.80. The SMILES string of the molecule is CC1CCCN(C2CCN(C(=O)c3cnc(F)cn3)CC2)C1. The van der Waals surface area contributed by atoms with E-state index in [1.165, 1.54) is 32.1 Å². The Morgan fingerprint density at radius 3 is 2.59 bits per heavy atom. The maximum Gasteiger partial charge on any atom is 0.274 e. The second-order valence-corrected chi connectivity index (χ2v) is 6.49. The fraction of sp³-hybridized carbons (Fsp3) is 0.688. The number of piperidine rings is 2. The number of carbonyl (C=O) groups excluding carboxylic acids is 1. The van der Waals surface area contributed by atoms with Gasteiger partial charge in [-0.05, 0) is 38.1 Å². The first-order valence-corrected chi connectivity index (χ1v) is 8.14. The Bertz CT molecular complexity index is 513. The number of aromatic nitrogens is 2. The predicted octanol–water partition coefficient (Wildman–Crippen LogP) is 1.95. The summed E-state index contributed by atoms with van der Waals surface area (Å²) in [5, 5.41) is 0. The van der Waals surface area contributed by atoms with Crippen LogP contribution in [0.3, 0.4) is 0 Å². The molecule has 1 amide bonds. The maximum absolute atomic E-state index is 12.8. The normalized spacial score (nSPS) is 24.5. The van der Waals surface area contributed by atoms with Crippen LogP contribution < -0.4 is 0 Å². The van der Waals surface area contributed by atoms with Crippen molar-refractivity contribution in [3.05, 3.63) is 24.0 Å². The molecule has 0 spiro atoms. The van der Waals surface area contributed by atoms with Crippen molar-refractivity contribution >= 4 is 5.91 Å². The van der Waals surface area contributed by atoms with Crippen molar-refractivity contribution in [3.8, 4) is 0 Å². The highest BCUT2D eigenvalue weighted by atomic mass is 19.1. The summed E-state index contributed by atoms with van der Waals surface area (Å²) in [6.45, 7) is 6.17. The molecule has 22 heavy (non-hydrogen) atoms. The van der Waals surface area contributed by atoms with Crippen molar-refractivity contribution in [1.29, 1.82) is 0 Å². The molecule has 2 fully saturated rings. The number of carbonyl (C=O) groups is 1. The van der Waals surface area contributed by atoms with Gasteiger partial charge in [-0.1, -0.05) is 6.92 Å². The summed E-state index contributed by atoms with van der Waals surface area (Å²) in [6.07, 6.45) is 6.84. The number of hydrogen-bond donors (Lipinski definition) is 0. The van der Waals surface area contributed by atoms with Gasteiger partial charge in [0, 0.05) is 25.7 Å². The molecule has 0 saturated carbocycles. The molecule has 5 nitrogen and oxygen atoms in total. The Morgan fingerprint density at radius 1 is 1.18 bits per heavy atom. The topological polar surface area (TPSA) is 49.3 Å². The van der Waals surface area contributed by atoms with E-state index in [4.69, 9.17) is 0 Å². The van der Waals surface area contributed by atoms with E-state index in [9.17, 15) is 9.18 Å². The average molecular weight is 306 g/mol. The van der Waals surface area contributed by atoms with E-state index in [1.54, 1.807) is 0 Å².